The van der Waals surface area contributed by atoms with Crippen LogP contribution < -0.4 is 4.90 Å². The predicted octanol–water partition coefficient (Wildman–Crippen LogP) is 3.69. The Bertz CT molecular complexity index is 425. The van der Waals surface area contributed by atoms with Crippen molar-refractivity contribution in [1.29, 1.82) is 0 Å². The molecule has 108 valence electrons. The molecule has 7 heteroatoms. The van der Waals surface area contributed by atoms with Gasteiger partial charge in [0, 0.05) is 20.7 Å². The van der Waals surface area contributed by atoms with E-state index in [2.05, 4.69) is 15.9 Å². The molecule has 0 aromatic heterocycles. The summed E-state index contributed by atoms with van der Waals surface area (Å²) in [6.07, 6.45) is -4.54. The van der Waals surface area contributed by atoms with Gasteiger partial charge in [-0.3, -0.25) is 0 Å². The summed E-state index contributed by atoms with van der Waals surface area (Å²) in [5.41, 5.74) is -0.872. The van der Waals surface area contributed by atoms with E-state index >= 15 is 0 Å². The molecule has 1 aromatic carbocycles. The molecule has 0 aliphatic carbocycles. The van der Waals surface area contributed by atoms with Gasteiger partial charge in [0.2, 0.25) is 0 Å². The molecule has 1 atom stereocenters. The quantitative estimate of drug-likeness (QED) is 0.597. The lowest BCUT2D eigenvalue weighted by molar-refractivity contribution is -0.137. The molecule has 1 unspecified atom stereocenters. The standard InChI is InChI=1S/C12H14BrF4NO/c1-18(6-9(13)7-19-2)11-4-3-8(5-10(11)14)12(15,16)17/h3-5,9H,6-7H2,1-2H3. The van der Waals surface area contributed by atoms with Crippen LogP contribution in [0.2, 0.25) is 0 Å². The second-order valence-electron chi connectivity index (χ2n) is 4.10. The summed E-state index contributed by atoms with van der Waals surface area (Å²) in [5.74, 6) is -0.894. The first-order valence-electron chi connectivity index (χ1n) is 5.46. The van der Waals surface area contributed by atoms with Crippen LogP contribution in [0.25, 0.3) is 0 Å². The van der Waals surface area contributed by atoms with Crippen molar-refractivity contribution in [2.75, 3.05) is 32.2 Å². The third-order valence-corrected chi connectivity index (χ3v) is 3.06. The Labute approximate surface area is 117 Å². The van der Waals surface area contributed by atoms with Gasteiger partial charge in [0.25, 0.3) is 0 Å². The van der Waals surface area contributed by atoms with E-state index in [1.807, 2.05) is 0 Å². The van der Waals surface area contributed by atoms with Gasteiger partial charge >= 0.3 is 6.18 Å². The van der Waals surface area contributed by atoms with E-state index in [4.69, 9.17) is 4.74 Å². The van der Waals surface area contributed by atoms with Gasteiger partial charge in [-0.25, -0.2) is 4.39 Å². The predicted molar refractivity (Wildman–Crippen MR) is 69.3 cm³/mol. The number of halogens is 5. The summed E-state index contributed by atoms with van der Waals surface area (Å²) in [5, 5.41) is 0. The zero-order valence-corrected chi connectivity index (χ0v) is 12.1. The van der Waals surface area contributed by atoms with E-state index < -0.39 is 17.6 Å². The first-order chi connectivity index (χ1) is 8.75. The Morgan fingerprint density at radius 1 is 1.37 bits per heavy atom. The molecule has 0 radical (unpaired) electrons. The molecular weight excluding hydrogens is 330 g/mol. The van der Waals surface area contributed by atoms with Crippen LogP contribution >= 0.6 is 15.9 Å². The minimum atomic E-state index is -4.54. The summed E-state index contributed by atoms with van der Waals surface area (Å²) in [4.78, 5) is 1.50. The van der Waals surface area contributed by atoms with Crippen molar-refractivity contribution in [1.82, 2.24) is 0 Å². The van der Waals surface area contributed by atoms with Gasteiger partial charge < -0.3 is 9.64 Å². The van der Waals surface area contributed by atoms with Crippen LogP contribution in [0.5, 0.6) is 0 Å². The van der Waals surface area contributed by atoms with Gasteiger partial charge in [0.1, 0.15) is 5.82 Å². The highest BCUT2D eigenvalue weighted by Gasteiger charge is 2.31. The highest BCUT2D eigenvalue weighted by molar-refractivity contribution is 9.09. The van der Waals surface area contributed by atoms with E-state index in [0.717, 1.165) is 12.1 Å². The summed E-state index contributed by atoms with van der Waals surface area (Å²) in [6.45, 7) is 0.836. The highest BCUT2D eigenvalue weighted by Crippen LogP contribution is 2.32. The summed E-state index contributed by atoms with van der Waals surface area (Å²) < 4.78 is 55.8. The normalized spacial score (nSPS) is 13.4. The van der Waals surface area contributed by atoms with E-state index in [9.17, 15) is 17.6 Å². The first-order valence-corrected chi connectivity index (χ1v) is 6.38. The maximum absolute atomic E-state index is 13.7. The number of anilines is 1. The number of nitrogens with zero attached hydrogens (tertiary/aromatic N) is 1. The van der Waals surface area contributed by atoms with Crippen molar-refractivity contribution in [3.63, 3.8) is 0 Å². The van der Waals surface area contributed by atoms with Crippen molar-refractivity contribution in [2.45, 2.75) is 11.0 Å². The number of ether oxygens (including phenoxy) is 1. The lowest BCUT2D eigenvalue weighted by atomic mass is 10.1. The smallest absolute Gasteiger partial charge is 0.383 e. The van der Waals surface area contributed by atoms with Crippen LogP contribution in [-0.4, -0.2) is 32.1 Å². The molecule has 0 fully saturated rings. The number of alkyl halides is 4. The largest absolute Gasteiger partial charge is 0.416 e. The fourth-order valence-electron chi connectivity index (χ4n) is 1.62. The highest BCUT2D eigenvalue weighted by atomic mass is 79.9. The van der Waals surface area contributed by atoms with Crippen LogP contribution in [0.3, 0.4) is 0 Å². The number of benzene rings is 1. The molecule has 0 aliphatic heterocycles. The lowest BCUT2D eigenvalue weighted by Gasteiger charge is -2.23. The van der Waals surface area contributed by atoms with Crippen molar-refractivity contribution in [3.05, 3.63) is 29.6 Å². The average Bonchev–Trinajstić information content (AvgIpc) is 2.27. The maximum Gasteiger partial charge on any atom is 0.416 e. The molecule has 0 saturated carbocycles. The minimum absolute atomic E-state index is 0.0378. The van der Waals surface area contributed by atoms with Crippen molar-refractivity contribution >= 4 is 21.6 Å². The van der Waals surface area contributed by atoms with Gasteiger partial charge in [0.05, 0.1) is 22.7 Å². The zero-order valence-electron chi connectivity index (χ0n) is 10.5. The Kier molecular flexibility index (Phi) is 5.61. The Hall–Kier alpha value is -0.820. The number of hydrogen-bond acceptors (Lipinski definition) is 2. The molecule has 1 aromatic rings. The van der Waals surface area contributed by atoms with Crippen LogP contribution in [0.1, 0.15) is 5.56 Å². The van der Waals surface area contributed by atoms with Crippen LogP contribution in [0.15, 0.2) is 18.2 Å². The lowest BCUT2D eigenvalue weighted by Crippen LogP contribution is -2.29. The zero-order chi connectivity index (χ0) is 14.6. The van der Waals surface area contributed by atoms with E-state index in [1.54, 1.807) is 7.05 Å². The fourth-order valence-corrected chi connectivity index (χ4v) is 2.32. The van der Waals surface area contributed by atoms with Gasteiger partial charge in [-0.2, -0.15) is 13.2 Å². The molecule has 0 spiro atoms. The molecule has 2 nitrogen and oxygen atoms in total. The summed E-state index contributed by atoms with van der Waals surface area (Å²) in [7, 11) is 3.14. The van der Waals surface area contributed by atoms with Crippen molar-refractivity contribution in [3.8, 4) is 0 Å². The SMILES string of the molecule is COCC(Br)CN(C)c1ccc(C(F)(F)F)cc1F. The molecule has 0 N–H and O–H groups in total. The second kappa shape index (κ2) is 6.56. The third kappa shape index (κ3) is 4.65. The number of methoxy groups -OCH3 is 1. The maximum atomic E-state index is 13.7. The molecular formula is C12H14BrF4NO. The Morgan fingerprint density at radius 3 is 2.47 bits per heavy atom. The summed E-state index contributed by atoms with van der Waals surface area (Å²) >= 11 is 3.34. The average molecular weight is 344 g/mol. The second-order valence-corrected chi connectivity index (χ2v) is 5.39. The van der Waals surface area contributed by atoms with Gasteiger partial charge in [-0.1, -0.05) is 15.9 Å². The summed E-state index contributed by atoms with van der Waals surface area (Å²) in [6, 6.07) is 2.50. The van der Waals surface area contributed by atoms with E-state index in [1.165, 1.54) is 12.0 Å². The molecule has 0 bridgehead atoms. The number of hydrogen-bond donors (Lipinski definition) is 0. The molecule has 0 amide bonds. The molecule has 19 heavy (non-hydrogen) atoms. The van der Waals surface area contributed by atoms with E-state index in [-0.39, 0.29) is 10.5 Å². The molecule has 0 heterocycles. The number of rotatable bonds is 5. The molecule has 1 rings (SSSR count). The van der Waals surface area contributed by atoms with Crippen LogP contribution in [-0.2, 0) is 10.9 Å². The van der Waals surface area contributed by atoms with Crippen molar-refractivity contribution in [2.24, 2.45) is 0 Å². The van der Waals surface area contributed by atoms with Gasteiger partial charge in [-0.15, -0.1) is 0 Å². The topological polar surface area (TPSA) is 12.5 Å². The van der Waals surface area contributed by atoms with Crippen LogP contribution in [0.4, 0.5) is 23.2 Å². The van der Waals surface area contributed by atoms with Gasteiger partial charge in [-0.05, 0) is 18.2 Å². The van der Waals surface area contributed by atoms with Crippen molar-refractivity contribution < 1.29 is 22.3 Å². The Morgan fingerprint density at radius 2 is 2.00 bits per heavy atom. The molecule has 0 saturated heterocycles. The monoisotopic (exact) mass is 343 g/mol. The van der Waals surface area contributed by atoms with E-state index in [0.29, 0.717) is 19.2 Å². The minimum Gasteiger partial charge on any atom is -0.383 e. The third-order valence-electron chi connectivity index (χ3n) is 2.51. The van der Waals surface area contributed by atoms with Gasteiger partial charge in [0.15, 0.2) is 0 Å². The fraction of sp³-hybridized carbons (Fsp3) is 0.500. The first kappa shape index (κ1) is 16.2. The Balaban J connectivity index is 2.84. The molecule has 0 aliphatic rings. The van der Waals surface area contributed by atoms with Crippen LogP contribution in [0, 0.1) is 5.82 Å².